The molecular formula is C28H38O3. The summed E-state index contributed by atoms with van der Waals surface area (Å²) in [5.41, 5.74) is 1.72. The van der Waals surface area contributed by atoms with Crippen LogP contribution in [-0.4, -0.2) is 21.6 Å². The number of fused-ring (bicyclic) bond motifs is 5. The second kappa shape index (κ2) is 7.20. The highest BCUT2D eigenvalue weighted by Crippen LogP contribution is 2.68. The number of aliphatic hydroxyl groups excluding tert-OH is 1. The van der Waals surface area contributed by atoms with Crippen molar-refractivity contribution in [2.75, 3.05) is 0 Å². The minimum atomic E-state index is -0.698. The summed E-state index contributed by atoms with van der Waals surface area (Å²) in [6.45, 7) is 6.85. The van der Waals surface area contributed by atoms with Crippen molar-refractivity contribution in [2.45, 2.75) is 84.2 Å². The first-order valence-electron chi connectivity index (χ1n) is 12.4. The van der Waals surface area contributed by atoms with E-state index in [1.54, 1.807) is 0 Å². The van der Waals surface area contributed by atoms with E-state index in [1.807, 2.05) is 6.07 Å². The molecule has 1 aromatic carbocycles. The average Bonchev–Trinajstić information content (AvgIpc) is 3.10. The predicted octanol–water partition coefficient (Wildman–Crippen LogP) is 6.01. The summed E-state index contributed by atoms with van der Waals surface area (Å²) in [5, 5.41) is 22.2. The van der Waals surface area contributed by atoms with Gasteiger partial charge in [0, 0.05) is 12.8 Å². The Balaban J connectivity index is 1.42. The molecule has 3 nitrogen and oxygen atoms in total. The van der Waals surface area contributed by atoms with Crippen molar-refractivity contribution in [3.63, 3.8) is 0 Å². The van der Waals surface area contributed by atoms with Gasteiger partial charge in [0.25, 0.3) is 0 Å². The molecule has 0 spiro atoms. The van der Waals surface area contributed by atoms with Crippen molar-refractivity contribution >= 4 is 5.78 Å². The van der Waals surface area contributed by atoms with Crippen LogP contribution in [-0.2, 0) is 11.2 Å². The van der Waals surface area contributed by atoms with Crippen LogP contribution in [0.5, 0.6) is 0 Å². The quantitative estimate of drug-likeness (QED) is 0.627. The van der Waals surface area contributed by atoms with Gasteiger partial charge in [0.05, 0.1) is 5.60 Å². The highest BCUT2D eigenvalue weighted by molar-refractivity contribution is 5.95. The van der Waals surface area contributed by atoms with Crippen LogP contribution in [0.2, 0.25) is 0 Å². The SMILES string of the molecule is C[C@]12CC[C@H]3[C@@H](CCC4=C(O)C(=O)CC[C@@]43C)[C@@H]1CC[C@@H]2[C@@](C)(O)Cc1ccccc1. The van der Waals surface area contributed by atoms with E-state index in [0.717, 1.165) is 50.5 Å². The fraction of sp³-hybridized carbons (Fsp3) is 0.679. The molecule has 0 unspecified atom stereocenters. The number of hydrogen-bond donors (Lipinski definition) is 2. The van der Waals surface area contributed by atoms with Crippen LogP contribution in [0.1, 0.15) is 77.7 Å². The Morgan fingerprint density at radius 2 is 1.74 bits per heavy atom. The third-order valence-corrected chi connectivity index (χ3v) is 10.2. The molecule has 0 aliphatic heterocycles. The smallest absolute Gasteiger partial charge is 0.197 e. The number of carbonyl (C=O) groups is 1. The lowest BCUT2D eigenvalue weighted by Crippen LogP contribution is -2.53. The van der Waals surface area contributed by atoms with E-state index in [4.69, 9.17) is 0 Å². The van der Waals surface area contributed by atoms with Gasteiger partial charge < -0.3 is 10.2 Å². The number of carbonyl (C=O) groups excluding carboxylic acids is 1. The van der Waals surface area contributed by atoms with E-state index in [9.17, 15) is 15.0 Å². The molecule has 3 heteroatoms. The molecule has 31 heavy (non-hydrogen) atoms. The minimum absolute atomic E-state index is 0.0209. The van der Waals surface area contributed by atoms with Crippen LogP contribution in [0.4, 0.5) is 0 Å². The maximum Gasteiger partial charge on any atom is 0.197 e. The van der Waals surface area contributed by atoms with Gasteiger partial charge in [0.2, 0.25) is 0 Å². The minimum Gasteiger partial charge on any atom is -0.504 e. The lowest BCUT2D eigenvalue weighted by Gasteiger charge is -2.59. The van der Waals surface area contributed by atoms with E-state index in [-0.39, 0.29) is 22.4 Å². The van der Waals surface area contributed by atoms with Crippen molar-refractivity contribution in [1.82, 2.24) is 0 Å². The van der Waals surface area contributed by atoms with Gasteiger partial charge in [-0.2, -0.15) is 0 Å². The lowest BCUT2D eigenvalue weighted by molar-refractivity contribution is -0.124. The first kappa shape index (κ1) is 21.2. The first-order valence-corrected chi connectivity index (χ1v) is 12.4. The molecular weight excluding hydrogens is 384 g/mol. The standard InChI is InChI=1S/C28H38O3/c1-26-16-14-23(29)25(30)22(26)10-9-19-20-11-12-24(27(20,2)15-13-21(19)26)28(3,31)17-18-7-5-4-6-8-18/h4-8,19-21,24,30-31H,9-17H2,1-3H3/t19-,20-,21-,24-,26+,27-,28-/m0/s1. The normalized spacial score (nSPS) is 41.9. The lowest BCUT2D eigenvalue weighted by atomic mass is 9.46. The van der Waals surface area contributed by atoms with Crippen LogP contribution in [0.3, 0.4) is 0 Å². The number of Topliss-reactive ketones (excluding diaryl/α,β-unsaturated/α-hetero) is 1. The first-order chi connectivity index (χ1) is 14.7. The van der Waals surface area contributed by atoms with Crippen LogP contribution < -0.4 is 0 Å². The van der Waals surface area contributed by atoms with Crippen molar-refractivity contribution in [3.05, 3.63) is 47.2 Å². The van der Waals surface area contributed by atoms with Gasteiger partial charge in [-0.3, -0.25) is 4.79 Å². The molecule has 3 saturated carbocycles. The molecule has 0 amide bonds. The fourth-order valence-corrected chi connectivity index (χ4v) is 8.84. The van der Waals surface area contributed by atoms with Gasteiger partial charge in [-0.05, 0) is 97.5 Å². The third kappa shape index (κ3) is 3.14. The molecule has 2 N–H and O–H groups in total. The number of allylic oxidation sites excluding steroid dienone is 1. The van der Waals surface area contributed by atoms with E-state index < -0.39 is 5.60 Å². The van der Waals surface area contributed by atoms with E-state index in [1.165, 1.54) is 12.0 Å². The zero-order chi connectivity index (χ0) is 22.0. The number of benzene rings is 1. The Morgan fingerprint density at radius 3 is 2.48 bits per heavy atom. The summed E-state index contributed by atoms with van der Waals surface area (Å²) in [5.74, 6) is 2.20. The average molecular weight is 423 g/mol. The molecule has 3 fully saturated rings. The summed E-state index contributed by atoms with van der Waals surface area (Å²) in [4.78, 5) is 12.2. The van der Waals surface area contributed by atoms with E-state index in [2.05, 4.69) is 45.0 Å². The Kier molecular flexibility index (Phi) is 4.93. The summed E-state index contributed by atoms with van der Waals surface area (Å²) < 4.78 is 0. The molecule has 7 atom stereocenters. The zero-order valence-corrected chi connectivity index (χ0v) is 19.4. The Hall–Kier alpha value is -1.61. The second-order valence-corrected chi connectivity index (χ2v) is 11.8. The molecule has 0 bridgehead atoms. The molecule has 4 aliphatic rings. The summed E-state index contributed by atoms with van der Waals surface area (Å²) in [6.07, 6.45) is 8.66. The van der Waals surface area contributed by atoms with Gasteiger partial charge >= 0.3 is 0 Å². The highest BCUT2D eigenvalue weighted by Gasteiger charge is 2.62. The summed E-state index contributed by atoms with van der Waals surface area (Å²) >= 11 is 0. The van der Waals surface area contributed by atoms with Crippen LogP contribution in [0, 0.1) is 34.5 Å². The van der Waals surface area contributed by atoms with Gasteiger partial charge in [-0.15, -0.1) is 0 Å². The molecule has 0 heterocycles. The monoisotopic (exact) mass is 422 g/mol. The number of rotatable bonds is 3. The van der Waals surface area contributed by atoms with Crippen LogP contribution >= 0.6 is 0 Å². The van der Waals surface area contributed by atoms with Crippen molar-refractivity contribution in [1.29, 1.82) is 0 Å². The van der Waals surface area contributed by atoms with Crippen molar-refractivity contribution < 1.29 is 15.0 Å². The molecule has 168 valence electrons. The Bertz CT molecular complexity index is 900. The van der Waals surface area contributed by atoms with Crippen LogP contribution in [0.15, 0.2) is 41.7 Å². The molecule has 0 aromatic heterocycles. The Labute approximate surface area is 186 Å². The molecule has 1 aromatic rings. The number of ketones is 1. The molecule has 0 saturated heterocycles. The highest BCUT2D eigenvalue weighted by atomic mass is 16.3. The maximum absolute atomic E-state index is 12.2. The van der Waals surface area contributed by atoms with Gasteiger partial charge in [-0.1, -0.05) is 44.2 Å². The number of aliphatic hydroxyl groups is 2. The van der Waals surface area contributed by atoms with Gasteiger partial charge in [0.1, 0.15) is 0 Å². The largest absolute Gasteiger partial charge is 0.504 e. The van der Waals surface area contributed by atoms with E-state index in [0.29, 0.717) is 30.1 Å². The third-order valence-electron chi connectivity index (χ3n) is 10.2. The molecule has 4 aliphatic carbocycles. The van der Waals surface area contributed by atoms with Gasteiger partial charge in [-0.25, -0.2) is 0 Å². The zero-order valence-electron chi connectivity index (χ0n) is 19.4. The Morgan fingerprint density at radius 1 is 1.00 bits per heavy atom. The van der Waals surface area contributed by atoms with Crippen molar-refractivity contribution in [3.8, 4) is 0 Å². The fourth-order valence-electron chi connectivity index (χ4n) is 8.84. The summed E-state index contributed by atoms with van der Waals surface area (Å²) in [7, 11) is 0. The molecule has 5 rings (SSSR count). The number of hydrogen-bond acceptors (Lipinski definition) is 3. The van der Waals surface area contributed by atoms with Crippen molar-refractivity contribution in [2.24, 2.45) is 34.5 Å². The topological polar surface area (TPSA) is 57.5 Å². The van der Waals surface area contributed by atoms with Gasteiger partial charge in [0.15, 0.2) is 11.5 Å². The summed E-state index contributed by atoms with van der Waals surface area (Å²) in [6, 6.07) is 10.4. The predicted molar refractivity (Wildman–Crippen MR) is 123 cm³/mol. The maximum atomic E-state index is 12.2. The molecule has 0 radical (unpaired) electrons. The van der Waals surface area contributed by atoms with Crippen LogP contribution in [0.25, 0.3) is 0 Å². The van der Waals surface area contributed by atoms with E-state index >= 15 is 0 Å². The second-order valence-electron chi connectivity index (χ2n) is 11.8.